The first kappa shape index (κ1) is 18.0. The predicted molar refractivity (Wildman–Crippen MR) is 100 cm³/mol. The number of H-pyrrole nitrogens is 1. The van der Waals surface area contributed by atoms with E-state index in [1.54, 1.807) is 6.07 Å². The first-order valence-electron chi connectivity index (χ1n) is 7.77. The van der Waals surface area contributed by atoms with E-state index < -0.39 is 5.91 Å². The van der Waals surface area contributed by atoms with Crippen molar-refractivity contribution < 1.29 is 9.53 Å². The third-order valence-corrected chi connectivity index (χ3v) is 4.28. The maximum atomic E-state index is 12.4. The number of aromatic nitrogens is 4. The summed E-state index contributed by atoms with van der Waals surface area (Å²) in [5, 5.41) is 13.7. The molecule has 134 valence electrons. The molecule has 2 N–H and O–H groups in total. The molecule has 2 heterocycles. The molecule has 0 atom stereocenters. The van der Waals surface area contributed by atoms with Crippen LogP contribution in [0.5, 0.6) is 0 Å². The first-order valence-corrected chi connectivity index (χ1v) is 8.56. The van der Waals surface area contributed by atoms with Gasteiger partial charge in [-0.15, -0.1) is 0 Å². The Kier molecular flexibility index (Phi) is 5.59. The van der Waals surface area contributed by atoms with Crippen LogP contribution >= 0.6 is 15.9 Å². The van der Waals surface area contributed by atoms with Crippen LogP contribution in [0.25, 0.3) is 11.3 Å². The van der Waals surface area contributed by atoms with Gasteiger partial charge >= 0.3 is 0 Å². The van der Waals surface area contributed by atoms with E-state index in [1.165, 1.54) is 23.9 Å². The maximum Gasteiger partial charge on any atom is 0.277 e. The van der Waals surface area contributed by atoms with Crippen molar-refractivity contribution >= 4 is 27.7 Å². The highest BCUT2D eigenvalue weighted by Crippen LogP contribution is 2.27. The van der Waals surface area contributed by atoms with Gasteiger partial charge in [0.05, 0.1) is 18.8 Å². The lowest BCUT2D eigenvalue weighted by atomic mass is 10.1. The van der Waals surface area contributed by atoms with Crippen LogP contribution in [0, 0.1) is 0 Å². The number of carbonyl (C=O) groups is 1. The van der Waals surface area contributed by atoms with E-state index in [0.29, 0.717) is 12.4 Å². The molecule has 1 amide bonds. The second kappa shape index (κ2) is 8.07. The van der Waals surface area contributed by atoms with E-state index in [9.17, 15) is 9.59 Å². The minimum absolute atomic E-state index is 0.117. The van der Waals surface area contributed by atoms with E-state index in [-0.39, 0.29) is 17.8 Å². The lowest BCUT2D eigenvalue weighted by Crippen LogP contribution is -2.27. The third kappa shape index (κ3) is 4.06. The molecular weight excluding hydrogens is 402 g/mol. The zero-order valence-corrected chi connectivity index (χ0v) is 15.5. The Morgan fingerprint density at radius 1 is 1.31 bits per heavy atom. The molecule has 0 fully saturated rings. The van der Waals surface area contributed by atoms with E-state index in [0.717, 1.165) is 15.7 Å². The number of methoxy groups -OCH3 is 1. The second-order valence-corrected chi connectivity index (χ2v) is 6.23. The second-order valence-electron chi connectivity index (χ2n) is 5.37. The van der Waals surface area contributed by atoms with E-state index in [2.05, 4.69) is 36.5 Å². The number of halogens is 1. The van der Waals surface area contributed by atoms with Crippen LogP contribution in [-0.4, -0.2) is 39.6 Å². The number of carbonyl (C=O) groups excluding carboxylic acids is 1. The molecule has 3 rings (SSSR count). The van der Waals surface area contributed by atoms with Gasteiger partial charge in [-0.05, 0) is 12.1 Å². The van der Waals surface area contributed by atoms with Crippen molar-refractivity contribution in [1.29, 1.82) is 0 Å². The fourth-order valence-corrected chi connectivity index (χ4v) is 2.79. The van der Waals surface area contributed by atoms with Crippen LogP contribution in [0.4, 0.5) is 5.82 Å². The minimum atomic E-state index is -0.457. The Bertz CT molecular complexity index is 982. The Morgan fingerprint density at radius 3 is 2.88 bits per heavy atom. The van der Waals surface area contributed by atoms with Gasteiger partial charge in [-0.25, -0.2) is 4.68 Å². The third-order valence-electron chi connectivity index (χ3n) is 3.59. The molecule has 26 heavy (non-hydrogen) atoms. The predicted octanol–water partition coefficient (Wildman–Crippen LogP) is 2.29. The fourth-order valence-electron chi connectivity index (χ4n) is 2.29. The highest BCUT2D eigenvalue weighted by atomic mass is 79.9. The molecule has 0 aliphatic carbocycles. The monoisotopic (exact) mass is 417 g/mol. The van der Waals surface area contributed by atoms with Crippen molar-refractivity contribution in [1.82, 2.24) is 20.0 Å². The molecule has 0 spiro atoms. The zero-order valence-electron chi connectivity index (χ0n) is 13.9. The van der Waals surface area contributed by atoms with Gasteiger partial charge in [0.25, 0.3) is 11.5 Å². The number of aromatic amines is 1. The van der Waals surface area contributed by atoms with E-state index in [4.69, 9.17) is 4.74 Å². The summed E-state index contributed by atoms with van der Waals surface area (Å²) in [6.45, 7) is 0.595. The van der Waals surface area contributed by atoms with Crippen LogP contribution in [0.15, 0.2) is 51.7 Å². The summed E-state index contributed by atoms with van der Waals surface area (Å²) in [5.74, 6) is -0.0986. The molecule has 0 unspecified atom stereocenters. The van der Waals surface area contributed by atoms with E-state index >= 15 is 0 Å². The average molecular weight is 418 g/mol. The summed E-state index contributed by atoms with van der Waals surface area (Å²) in [6.07, 6.45) is 0. The lowest BCUT2D eigenvalue weighted by molar-refractivity contribution is 0.101. The molecule has 0 radical (unpaired) electrons. The summed E-state index contributed by atoms with van der Waals surface area (Å²) in [6, 6.07) is 12.1. The first-order chi connectivity index (χ1) is 12.6. The quantitative estimate of drug-likeness (QED) is 0.640. The van der Waals surface area contributed by atoms with Crippen LogP contribution in [0.2, 0.25) is 0 Å². The molecule has 8 nitrogen and oxygen atoms in total. The Hall–Kier alpha value is -2.78. The standard InChI is InChI=1S/C17H16BrN5O3/c1-26-9-8-23-16(24)7-6-13(22-23)17(25)19-15-10-14(20-21-15)11-4-2-3-5-12(11)18/h2-7,10H,8-9H2,1H3,(H2,19,20,21,25). The summed E-state index contributed by atoms with van der Waals surface area (Å²) in [7, 11) is 1.53. The fraction of sp³-hybridized carbons (Fsp3) is 0.176. The molecule has 3 aromatic rings. The molecule has 9 heteroatoms. The highest BCUT2D eigenvalue weighted by molar-refractivity contribution is 9.10. The van der Waals surface area contributed by atoms with Crippen molar-refractivity contribution in [2.75, 3.05) is 19.0 Å². The molecular formula is C17H16BrN5O3. The number of anilines is 1. The molecule has 2 aromatic heterocycles. The highest BCUT2D eigenvalue weighted by Gasteiger charge is 2.13. The van der Waals surface area contributed by atoms with Gasteiger partial charge in [-0.2, -0.15) is 10.2 Å². The number of hydrogen-bond acceptors (Lipinski definition) is 5. The van der Waals surface area contributed by atoms with Crippen LogP contribution in [0.1, 0.15) is 10.5 Å². The molecule has 0 saturated carbocycles. The molecule has 0 aliphatic heterocycles. The zero-order chi connectivity index (χ0) is 18.5. The van der Waals surface area contributed by atoms with Crippen molar-refractivity contribution in [2.24, 2.45) is 0 Å². The average Bonchev–Trinajstić information content (AvgIpc) is 3.09. The number of amides is 1. The van der Waals surface area contributed by atoms with E-state index in [1.807, 2.05) is 24.3 Å². The van der Waals surface area contributed by atoms with Crippen molar-refractivity contribution in [2.45, 2.75) is 6.54 Å². The number of ether oxygens (including phenoxy) is 1. The maximum absolute atomic E-state index is 12.4. The number of benzene rings is 1. The van der Waals surface area contributed by atoms with Gasteiger partial charge in [-0.3, -0.25) is 14.7 Å². The Balaban J connectivity index is 1.77. The minimum Gasteiger partial charge on any atom is -0.383 e. The molecule has 0 bridgehead atoms. The Morgan fingerprint density at radius 2 is 2.12 bits per heavy atom. The molecule has 1 aromatic carbocycles. The van der Waals surface area contributed by atoms with Crippen molar-refractivity contribution in [3.8, 4) is 11.3 Å². The number of nitrogens with one attached hydrogen (secondary N) is 2. The van der Waals surface area contributed by atoms with Gasteiger partial charge in [0.2, 0.25) is 0 Å². The smallest absolute Gasteiger partial charge is 0.277 e. The summed E-state index contributed by atoms with van der Waals surface area (Å²) < 4.78 is 7.03. The summed E-state index contributed by atoms with van der Waals surface area (Å²) in [5.41, 5.74) is 1.50. The number of nitrogens with zero attached hydrogens (tertiary/aromatic N) is 3. The Labute approximate surface area is 157 Å². The van der Waals surface area contributed by atoms with Gasteiger partial charge in [0, 0.05) is 29.3 Å². The number of rotatable bonds is 6. The number of hydrogen-bond donors (Lipinski definition) is 2. The van der Waals surface area contributed by atoms with Crippen molar-refractivity contribution in [3.05, 3.63) is 63.0 Å². The molecule has 0 saturated heterocycles. The van der Waals surface area contributed by atoms with Crippen LogP contribution < -0.4 is 10.9 Å². The van der Waals surface area contributed by atoms with Crippen molar-refractivity contribution in [3.63, 3.8) is 0 Å². The topological polar surface area (TPSA) is 102 Å². The normalized spacial score (nSPS) is 10.7. The van der Waals surface area contributed by atoms with Crippen LogP contribution in [-0.2, 0) is 11.3 Å². The van der Waals surface area contributed by atoms with Gasteiger partial charge in [0.1, 0.15) is 5.69 Å². The van der Waals surface area contributed by atoms with Gasteiger partial charge < -0.3 is 10.1 Å². The van der Waals surface area contributed by atoms with Crippen LogP contribution in [0.3, 0.4) is 0 Å². The largest absolute Gasteiger partial charge is 0.383 e. The van der Waals surface area contributed by atoms with Gasteiger partial charge in [0.15, 0.2) is 5.82 Å². The summed E-state index contributed by atoms with van der Waals surface area (Å²) >= 11 is 3.48. The molecule has 0 aliphatic rings. The lowest BCUT2D eigenvalue weighted by Gasteiger charge is -2.06. The SMILES string of the molecule is COCCn1nc(C(=O)Nc2cc(-c3ccccc3Br)[nH]n2)ccc1=O. The summed E-state index contributed by atoms with van der Waals surface area (Å²) in [4.78, 5) is 24.1. The van der Waals surface area contributed by atoms with Gasteiger partial charge in [-0.1, -0.05) is 34.1 Å².